The molecule has 0 unspecified atom stereocenters. The molecule has 2 rings (SSSR count). The van der Waals surface area contributed by atoms with Crippen molar-refractivity contribution >= 4 is 31.7 Å². The van der Waals surface area contributed by atoms with Gasteiger partial charge in [-0.2, -0.15) is 8.42 Å². The van der Waals surface area contributed by atoms with E-state index in [1.54, 1.807) is 6.07 Å². The molecule has 1 radical (unpaired) electrons. The molecule has 0 atom stereocenters. The van der Waals surface area contributed by atoms with Crippen molar-refractivity contribution in [2.75, 3.05) is 5.75 Å². The number of nitrogens with zero attached hydrogens (tertiary/aromatic N) is 1. The topological polar surface area (TPSA) is 67.3 Å². The van der Waals surface area contributed by atoms with Gasteiger partial charge in [-0.05, 0) is 12.5 Å². The average Bonchev–Trinajstić information content (AvgIpc) is 2.57. The molecule has 0 saturated carbocycles. The van der Waals surface area contributed by atoms with Crippen LogP contribution in [0, 0.1) is 6.07 Å². The summed E-state index contributed by atoms with van der Waals surface area (Å²) < 4.78 is 30.7. The lowest BCUT2D eigenvalue weighted by atomic mass is 10.3. The average molecular weight is 256 g/mol. The predicted octanol–water partition coefficient (Wildman–Crippen LogP) is 1.92. The molecular formula is C10H10NO3S2. The molecule has 1 heterocycles. The van der Waals surface area contributed by atoms with Crippen LogP contribution in [0.25, 0.3) is 10.2 Å². The molecule has 85 valence electrons. The van der Waals surface area contributed by atoms with Crippen molar-refractivity contribution in [2.45, 2.75) is 12.8 Å². The van der Waals surface area contributed by atoms with Crippen LogP contribution in [0.1, 0.15) is 11.4 Å². The fourth-order valence-electron chi connectivity index (χ4n) is 1.37. The number of thiazole rings is 1. The number of para-hydroxylation sites is 1. The third-order valence-electron chi connectivity index (χ3n) is 2.05. The van der Waals surface area contributed by atoms with Gasteiger partial charge in [0.25, 0.3) is 10.1 Å². The molecule has 1 N–H and O–H groups in total. The van der Waals surface area contributed by atoms with Gasteiger partial charge >= 0.3 is 0 Å². The van der Waals surface area contributed by atoms with E-state index in [0.29, 0.717) is 12.8 Å². The molecule has 0 spiro atoms. The first-order valence-electron chi connectivity index (χ1n) is 4.76. The van der Waals surface area contributed by atoms with Crippen molar-refractivity contribution in [3.63, 3.8) is 0 Å². The monoisotopic (exact) mass is 256 g/mol. The largest absolute Gasteiger partial charge is 0.286 e. The number of fused-ring (bicyclic) bond motifs is 1. The molecule has 16 heavy (non-hydrogen) atoms. The summed E-state index contributed by atoms with van der Waals surface area (Å²) in [5.74, 6) is -0.216. The van der Waals surface area contributed by atoms with Gasteiger partial charge in [-0.25, -0.2) is 4.98 Å². The molecule has 0 bridgehead atoms. The Morgan fingerprint density at radius 3 is 3.00 bits per heavy atom. The minimum absolute atomic E-state index is 0.216. The minimum Gasteiger partial charge on any atom is -0.286 e. The molecule has 6 heteroatoms. The summed E-state index contributed by atoms with van der Waals surface area (Å²) >= 11 is 1.53. The first-order chi connectivity index (χ1) is 7.54. The molecule has 0 aliphatic heterocycles. The molecule has 0 amide bonds. The van der Waals surface area contributed by atoms with Gasteiger partial charge in [0.15, 0.2) is 0 Å². The third-order valence-corrected chi connectivity index (χ3v) is 3.94. The first-order valence-corrected chi connectivity index (χ1v) is 7.18. The fourth-order valence-corrected chi connectivity index (χ4v) is 2.86. The highest BCUT2D eigenvalue weighted by molar-refractivity contribution is 7.85. The van der Waals surface area contributed by atoms with Crippen LogP contribution in [0.2, 0.25) is 0 Å². The molecule has 4 nitrogen and oxygen atoms in total. The second-order valence-electron chi connectivity index (χ2n) is 3.38. The van der Waals surface area contributed by atoms with Crippen molar-refractivity contribution in [3.05, 3.63) is 29.3 Å². The zero-order chi connectivity index (χ0) is 11.6. The van der Waals surface area contributed by atoms with Gasteiger partial charge in [0.2, 0.25) is 0 Å². The third kappa shape index (κ3) is 3.01. The summed E-state index contributed by atoms with van der Waals surface area (Å²) in [5, 5.41) is 0.876. The van der Waals surface area contributed by atoms with Crippen LogP contribution in [-0.2, 0) is 16.5 Å². The van der Waals surface area contributed by atoms with Crippen LogP contribution in [0.3, 0.4) is 0 Å². The van der Waals surface area contributed by atoms with Gasteiger partial charge in [0.1, 0.15) is 0 Å². The van der Waals surface area contributed by atoms with Crippen LogP contribution in [0.15, 0.2) is 18.2 Å². The SMILES string of the molecule is O=S(=O)(O)CCCc1nc2[c]cccc2s1. The Bertz CT molecular complexity index is 556. The predicted molar refractivity (Wildman–Crippen MR) is 63.2 cm³/mol. The number of rotatable bonds is 4. The molecule has 1 aromatic heterocycles. The number of hydrogen-bond donors (Lipinski definition) is 1. The van der Waals surface area contributed by atoms with E-state index >= 15 is 0 Å². The van der Waals surface area contributed by atoms with E-state index in [1.165, 1.54) is 11.3 Å². The molecule has 2 aromatic rings. The van der Waals surface area contributed by atoms with E-state index in [-0.39, 0.29) is 5.75 Å². The van der Waals surface area contributed by atoms with Gasteiger partial charge in [0.05, 0.1) is 21.0 Å². The Hall–Kier alpha value is -0.980. The van der Waals surface area contributed by atoms with E-state index < -0.39 is 10.1 Å². The number of benzene rings is 1. The molecule has 0 saturated heterocycles. The minimum atomic E-state index is -3.86. The normalized spacial score (nSPS) is 12.1. The van der Waals surface area contributed by atoms with Crippen molar-refractivity contribution in [3.8, 4) is 0 Å². The maximum atomic E-state index is 10.5. The Morgan fingerprint density at radius 1 is 1.50 bits per heavy atom. The van der Waals surface area contributed by atoms with Crippen LogP contribution in [-0.4, -0.2) is 23.7 Å². The maximum absolute atomic E-state index is 10.5. The smallest absolute Gasteiger partial charge is 0.264 e. The molecule has 0 aliphatic carbocycles. The summed E-state index contributed by atoms with van der Waals surface area (Å²) in [5.41, 5.74) is 0.814. The van der Waals surface area contributed by atoms with Crippen LogP contribution >= 0.6 is 11.3 Å². The second kappa shape index (κ2) is 4.48. The van der Waals surface area contributed by atoms with Crippen LogP contribution < -0.4 is 0 Å². The highest BCUT2D eigenvalue weighted by Crippen LogP contribution is 2.22. The Morgan fingerprint density at radius 2 is 2.31 bits per heavy atom. The van der Waals surface area contributed by atoms with E-state index in [2.05, 4.69) is 11.1 Å². The molecule has 0 aliphatic rings. The summed E-state index contributed by atoms with van der Waals surface area (Å²) in [4.78, 5) is 4.32. The zero-order valence-corrected chi connectivity index (χ0v) is 10.0. The lowest BCUT2D eigenvalue weighted by Gasteiger charge is -1.94. The summed E-state index contributed by atoms with van der Waals surface area (Å²) in [6.45, 7) is 0. The summed E-state index contributed by atoms with van der Waals surface area (Å²) in [6, 6.07) is 8.65. The van der Waals surface area contributed by atoms with Gasteiger partial charge < -0.3 is 0 Å². The van der Waals surface area contributed by atoms with E-state index in [4.69, 9.17) is 4.55 Å². The lowest BCUT2D eigenvalue weighted by molar-refractivity contribution is 0.481. The first kappa shape index (κ1) is 11.5. The fraction of sp³-hybridized carbons (Fsp3) is 0.300. The van der Waals surface area contributed by atoms with Gasteiger partial charge in [-0.15, -0.1) is 11.3 Å². The Kier molecular flexibility index (Phi) is 3.22. The van der Waals surface area contributed by atoms with E-state index in [1.807, 2.05) is 12.1 Å². The number of aromatic nitrogens is 1. The summed E-state index contributed by atoms with van der Waals surface area (Å²) in [6.07, 6.45) is 0.950. The van der Waals surface area contributed by atoms with Crippen LogP contribution in [0.4, 0.5) is 0 Å². The zero-order valence-electron chi connectivity index (χ0n) is 8.38. The highest BCUT2D eigenvalue weighted by Gasteiger charge is 2.07. The van der Waals surface area contributed by atoms with Crippen molar-refractivity contribution < 1.29 is 13.0 Å². The Labute approximate surface area is 97.7 Å². The molecule has 0 fully saturated rings. The number of hydrogen-bond acceptors (Lipinski definition) is 4. The van der Waals surface area contributed by atoms with Gasteiger partial charge in [-0.3, -0.25) is 4.55 Å². The van der Waals surface area contributed by atoms with E-state index in [9.17, 15) is 8.42 Å². The van der Waals surface area contributed by atoms with Crippen LogP contribution in [0.5, 0.6) is 0 Å². The highest BCUT2D eigenvalue weighted by atomic mass is 32.2. The molecular weight excluding hydrogens is 246 g/mol. The van der Waals surface area contributed by atoms with E-state index in [0.717, 1.165) is 15.2 Å². The Balaban J connectivity index is 2.05. The lowest BCUT2D eigenvalue weighted by Crippen LogP contribution is -2.04. The van der Waals surface area contributed by atoms with Crippen molar-refractivity contribution in [2.24, 2.45) is 0 Å². The van der Waals surface area contributed by atoms with Gasteiger partial charge in [-0.1, -0.05) is 12.1 Å². The second-order valence-corrected chi connectivity index (χ2v) is 6.07. The summed E-state index contributed by atoms with van der Waals surface area (Å²) in [7, 11) is -3.86. The maximum Gasteiger partial charge on any atom is 0.264 e. The molecule has 1 aromatic carbocycles. The van der Waals surface area contributed by atoms with Crippen molar-refractivity contribution in [1.29, 1.82) is 0 Å². The van der Waals surface area contributed by atoms with Crippen molar-refractivity contribution in [1.82, 2.24) is 4.98 Å². The van der Waals surface area contributed by atoms with Gasteiger partial charge in [0, 0.05) is 12.5 Å². The quantitative estimate of drug-likeness (QED) is 0.849. The number of aryl methyl sites for hydroxylation is 1. The standard InChI is InChI=1S/C10H10NO3S2/c12-16(13,14)7-3-6-10-11-8-4-1-2-5-9(8)15-10/h1-2,5H,3,6-7H2,(H,12,13,14).